The van der Waals surface area contributed by atoms with Crippen LogP contribution in [0.15, 0.2) is 36.0 Å². The van der Waals surface area contributed by atoms with Crippen LogP contribution in [0.4, 0.5) is 18.9 Å². The monoisotopic (exact) mass is 359 g/mol. The van der Waals surface area contributed by atoms with Crippen LogP contribution in [0.25, 0.3) is 0 Å². The number of rotatable bonds is 7. The van der Waals surface area contributed by atoms with Crippen molar-refractivity contribution in [1.82, 2.24) is 0 Å². The van der Waals surface area contributed by atoms with E-state index in [2.05, 4.69) is 5.32 Å². The van der Waals surface area contributed by atoms with E-state index in [1.807, 2.05) is 0 Å². The molecule has 0 saturated heterocycles. The average Bonchev–Trinajstić information content (AvgIpc) is 2.45. The number of benzene rings is 1. The Bertz CT molecular complexity index is 641. The number of hydrogen-bond donors (Lipinski definition) is 1. The molecule has 138 valence electrons. The van der Waals surface area contributed by atoms with Gasteiger partial charge < -0.3 is 14.8 Å². The van der Waals surface area contributed by atoms with E-state index in [4.69, 9.17) is 9.47 Å². The minimum absolute atomic E-state index is 0.0759. The van der Waals surface area contributed by atoms with Gasteiger partial charge >= 0.3 is 18.1 Å². The summed E-state index contributed by atoms with van der Waals surface area (Å²) < 4.78 is 47.8. The van der Waals surface area contributed by atoms with Gasteiger partial charge in [-0.25, -0.2) is 4.79 Å². The van der Waals surface area contributed by atoms with E-state index in [9.17, 15) is 22.8 Å². The number of nitrogens with one attached hydrogen (secondary N) is 1. The summed E-state index contributed by atoms with van der Waals surface area (Å²) in [5.74, 6) is -1.20. The van der Waals surface area contributed by atoms with Crippen molar-refractivity contribution >= 4 is 17.6 Å². The van der Waals surface area contributed by atoms with Gasteiger partial charge in [0, 0.05) is 17.5 Å². The Morgan fingerprint density at radius 3 is 2.60 bits per heavy atom. The predicted molar refractivity (Wildman–Crippen MR) is 85.6 cm³/mol. The van der Waals surface area contributed by atoms with Gasteiger partial charge in [0.1, 0.15) is 6.10 Å². The van der Waals surface area contributed by atoms with Crippen LogP contribution in [0.2, 0.25) is 0 Å². The summed E-state index contributed by atoms with van der Waals surface area (Å²) in [7, 11) is 0. The fourth-order valence-electron chi connectivity index (χ4n) is 1.94. The van der Waals surface area contributed by atoms with Gasteiger partial charge in [-0.15, -0.1) is 0 Å². The summed E-state index contributed by atoms with van der Waals surface area (Å²) in [5.41, 5.74) is -0.306. The molecule has 1 N–H and O–H groups in total. The summed E-state index contributed by atoms with van der Waals surface area (Å²) in [6, 6.07) is 4.60. The van der Waals surface area contributed by atoms with Crippen LogP contribution in [0.3, 0.4) is 0 Å². The first-order chi connectivity index (χ1) is 11.6. The molecule has 0 aromatic heterocycles. The Balaban J connectivity index is 2.63. The van der Waals surface area contributed by atoms with Gasteiger partial charge in [-0.3, -0.25) is 4.79 Å². The molecule has 1 atom stereocenters. The number of hydrogen-bond acceptors (Lipinski definition) is 5. The number of carbonyl (C=O) groups excluding carboxylic acids is 2. The van der Waals surface area contributed by atoms with Crippen molar-refractivity contribution in [2.45, 2.75) is 39.5 Å². The highest BCUT2D eigenvalue weighted by Gasteiger charge is 2.30. The van der Waals surface area contributed by atoms with E-state index in [0.29, 0.717) is 5.70 Å². The molecule has 0 fully saturated rings. The molecular weight excluding hydrogens is 339 g/mol. The fraction of sp³-hybridized carbons (Fsp3) is 0.412. The van der Waals surface area contributed by atoms with E-state index >= 15 is 0 Å². The predicted octanol–water partition coefficient (Wildman–Crippen LogP) is 3.91. The van der Waals surface area contributed by atoms with Gasteiger partial charge in [-0.2, -0.15) is 13.2 Å². The molecule has 8 heteroatoms. The molecule has 1 aromatic carbocycles. The van der Waals surface area contributed by atoms with E-state index in [1.54, 1.807) is 6.92 Å². The third-order valence-corrected chi connectivity index (χ3v) is 2.94. The smallest absolute Gasteiger partial charge is 0.416 e. The summed E-state index contributed by atoms with van der Waals surface area (Å²) in [6.45, 7) is 4.95. The van der Waals surface area contributed by atoms with Gasteiger partial charge in [0.15, 0.2) is 0 Å². The van der Waals surface area contributed by atoms with Crippen LogP contribution >= 0.6 is 0 Å². The number of carbonyl (C=O) groups is 2. The number of allylic oxidation sites excluding steroid dienone is 1. The molecule has 0 saturated carbocycles. The van der Waals surface area contributed by atoms with E-state index in [0.717, 1.165) is 18.2 Å². The molecule has 25 heavy (non-hydrogen) atoms. The zero-order valence-electron chi connectivity index (χ0n) is 14.1. The number of alkyl halides is 3. The molecular formula is C17H20F3NO4. The highest BCUT2D eigenvalue weighted by atomic mass is 19.4. The molecule has 0 unspecified atom stereocenters. The molecule has 1 rings (SSSR count). The topological polar surface area (TPSA) is 64.6 Å². The second-order valence-electron chi connectivity index (χ2n) is 5.29. The van der Waals surface area contributed by atoms with Crippen molar-refractivity contribution in [1.29, 1.82) is 0 Å². The molecule has 1 aromatic rings. The van der Waals surface area contributed by atoms with Crippen LogP contribution in [-0.2, 0) is 25.2 Å². The molecule has 0 aliphatic carbocycles. The first-order valence-corrected chi connectivity index (χ1v) is 7.60. The SMILES string of the molecule is CCOC(=O)C[C@H](C)OC(=O)/C=C(\C)Nc1cccc(C(F)(F)F)c1. The van der Waals surface area contributed by atoms with Gasteiger partial charge in [-0.1, -0.05) is 6.07 Å². The molecule has 0 aliphatic rings. The Labute approximate surface area is 143 Å². The molecule has 0 heterocycles. The van der Waals surface area contributed by atoms with E-state index in [1.165, 1.54) is 26.0 Å². The lowest BCUT2D eigenvalue weighted by Gasteiger charge is -2.13. The van der Waals surface area contributed by atoms with Crippen molar-refractivity contribution in [3.8, 4) is 0 Å². The number of anilines is 1. The maximum absolute atomic E-state index is 12.7. The van der Waals surface area contributed by atoms with Crippen molar-refractivity contribution in [3.05, 3.63) is 41.6 Å². The number of esters is 2. The third kappa shape index (κ3) is 7.73. The number of ether oxygens (including phenoxy) is 2. The summed E-state index contributed by atoms with van der Waals surface area (Å²) >= 11 is 0. The number of halogens is 3. The van der Waals surface area contributed by atoms with Crippen LogP contribution in [0.5, 0.6) is 0 Å². The maximum atomic E-state index is 12.7. The molecule has 0 bridgehead atoms. The normalized spacial score (nSPS) is 13.1. The van der Waals surface area contributed by atoms with Crippen LogP contribution in [0, 0.1) is 0 Å². The zero-order valence-corrected chi connectivity index (χ0v) is 14.1. The first-order valence-electron chi connectivity index (χ1n) is 7.60. The minimum Gasteiger partial charge on any atom is -0.466 e. The summed E-state index contributed by atoms with van der Waals surface area (Å²) in [6.07, 6.45) is -4.10. The molecule has 0 aliphatic heterocycles. The second-order valence-corrected chi connectivity index (χ2v) is 5.29. The largest absolute Gasteiger partial charge is 0.466 e. The van der Waals surface area contributed by atoms with Crippen LogP contribution < -0.4 is 5.32 Å². The van der Waals surface area contributed by atoms with Crippen LogP contribution in [-0.4, -0.2) is 24.6 Å². The standard InChI is InChI=1S/C17H20F3NO4/c1-4-24-15(22)9-12(3)25-16(23)8-11(2)21-14-7-5-6-13(10-14)17(18,19)20/h5-8,10,12,21H,4,9H2,1-3H3/b11-8+/t12-/m0/s1. The van der Waals surface area contributed by atoms with Crippen LogP contribution in [0.1, 0.15) is 32.8 Å². The Morgan fingerprint density at radius 2 is 2.00 bits per heavy atom. The zero-order chi connectivity index (χ0) is 19.0. The fourth-order valence-corrected chi connectivity index (χ4v) is 1.94. The minimum atomic E-state index is -4.45. The van der Waals surface area contributed by atoms with Crippen molar-refractivity contribution in [3.63, 3.8) is 0 Å². The maximum Gasteiger partial charge on any atom is 0.416 e. The molecule has 0 amide bonds. The first kappa shape index (κ1) is 20.5. The van der Waals surface area contributed by atoms with E-state index in [-0.39, 0.29) is 18.7 Å². The average molecular weight is 359 g/mol. The van der Waals surface area contributed by atoms with Gasteiger partial charge in [0.2, 0.25) is 0 Å². The molecule has 0 radical (unpaired) electrons. The van der Waals surface area contributed by atoms with Gasteiger partial charge in [-0.05, 0) is 39.0 Å². The Hall–Kier alpha value is -2.51. The van der Waals surface area contributed by atoms with E-state index < -0.39 is 29.8 Å². The summed E-state index contributed by atoms with van der Waals surface area (Å²) in [5, 5.41) is 2.69. The summed E-state index contributed by atoms with van der Waals surface area (Å²) in [4.78, 5) is 23.0. The van der Waals surface area contributed by atoms with Gasteiger partial charge in [0.25, 0.3) is 0 Å². The van der Waals surface area contributed by atoms with Crippen molar-refractivity contribution < 1.29 is 32.2 Å². The van der Waals surface area contributed by atoms with Crippen molar-refractivity contribution in [2.75, 3.05) is 11.9 Å². The molecule has 0 spiro atoms. The Morgan fingerprint density at radius 1 is 1.32 bits per heavy atom. The lowest BCUT2D eigenvalue weighted by atomic mass is 10.2. The Kier molecular flexibility index (Phi) is 7.47. The highest BCUT2D eigenvalue weighted by Crippen LogP contribution is 2.30. The van der Waals surface area contributed by atoms with Gasteiger partial charge in [0.05, 0.1) is 18.6 Å². The highest BCUT2D eigenvalue weighted by molar-refractivity contribution is 5.84. The lowest BCUT2D eigenvalue weighted by Crippen LogP contribution is -2.19. The second kappa shape index (κ2) is 9.10. The third-order valence-electron chi connectivity index (χ3n) is 2.94. The quantitative estimate of drug-likeness (QED) is 0.591. The van der Waals surface area contributed by atoms with Crippen molar-refractivity contribution in [2.24, 2.45) is 0 Å². The molecule has 5 nitrogen and oxygen atoms in total. The lowest BCUT2D eigenvalue weighted by molar-refractivity contribution is -0.150.